The normalized spacial score (nSPS) is 10.1. The number of carbonyl (C=O) groups excluding carboxylic acids is 2. The predicted octanol–water partition coefficient (Wildman–Crippen LogP) is 2.42. The van der Waals surface area contributed by atoms with Crippen LogP contribution in [-0.4, -0.2) is 48.0 Å². The molecule has 0 aliphatic heterocycles. The van der Waals surface area contributed by atoms with Crippen molar-refractivity contribution in [3.05, 3.63) is 59.7 Å². The summed E-state index contributed by atoms with van der Waals surface area (Å²) in [6, 6.07) is 13.1. The van der Waals surface area contributed by atoms with E-state index in [2.05, 4.69) is 5.32 Å². The van der Waals surface area contributed by atoms with Crippen molar-refractivity contribution >= 4 is 23.5 Å². The average Bonchev–Trinajstić information content (AvgIpc) is 2.66. The number of nitrogens with zero attached hydrogens (tertiary/aromatic N) is 1. The molecule has 0 atom stereocenters. The van der Waals surface area contributed by atoms with Crippen molar-refractivity contribution < 1.29 is 24.2 Å². The SMILES string of the molecule is CCN(CC(=O)Nc1cccc(OC)c1)C(=O)Cc1ccc(C(=O)O)cc1. The van der Waals surface area contributed by atoms with Gasteiger partial charge in [-0.1, -0.05) is 18.2 Å². The highest BCUT2D eigenvalue weighted by Gasteiger charge is 2.16. The molecule has 2 amide bonds. The van der Waals surface area contributed by atoms with Crippen molar-refractivity contribution in [3.8, 4) is 5.75 Å². The molecule has 7 heteroatoms. The molecule has 7 nitrogen and oxygen atoms in total. The highest BCUT2D eigenvalue weighted by molar-refractivity contribution is 5.95. The van der Waals surface area contributed by atoms with Gasteiger partial charge in [-0.3, -0.25) is 9.59 Å². The topological polar surface area (TPSA) is 95.9 Å². The van der Waals surface area contributed by atoms with E-state index in [0.29, 0.717) is 23.5 Å². The van der Waals surface area contributed by atoms with E-state index in [-0.39, 0.29) is 30.3 Å². The number of benzene rings is 2. The number of nitrogens with one attached hydrogen (secondary N) is 1. The lowest BCUT2D eigenvalue weighted by molar-refractivity contribution is -0.133. The monoisotopic (exact) mass is 370 g/mol. The Morgan fingerprint density at radius 2 is 1.81 bits per heavy atom. The maximum atomic E-state index is 12.5. The van der Waals surface area contributed by atoms with E-state index in [1.807, 2.05) is 0 Å². The lowest BCUT2D eigenvalue weighted by Crippen LogP contribution is -2.38. The third-order valence-corrected chi connectivity index (χ3v) is 3.98. The molecule has 0 radical (unpaired) electrons. The molecule has 27 heavy (non-hydrogen) atoms. The van der Waals surface area contributed by atoms with Crippen LogP contribution < -0.4 is 10.1 Å². The number of rotatable bonds is 8. The first-order valence-electron chi connectivity index (χ1n) is 8.46. The van der Waals surface area contributed by atoms with Crippen molar-refractivity contribution in [2.75, 3.05) is 25.5 Å². The smallest absolute Gasteiger partial charge is 0.335 e. The molecule has 2 aromatic rings. The molecular formula is C20H22N2O5. The van der Waals surface area contributed by atoms with E-state index in [4.69, 9.17) is 9.84 Å². The fraction of sp³-hybridized carbons (Fsp3) is 0.250. The van der Waals surface area contributed by atoms with Crippen LogP contribution in [0, 0.1) is 0 Å². The molecule has 0 aliphatic rings. The Kier molecular flexibility index (Phi) is 6.93. The van der Waals surface area contributed by atoms with E-state index < -0.39 is 5.97 Å². The summed E-state index contributed by atoms with van der Waals surface area (Å²) in [6.45, 7) is 2.11. The summed E-state index contributed by atoms with van der Waals surface area (Å²) >= 11 is 0. The highest BCUT2D eigenvalue weighted by Crippen LogP contribution is 2.16. The Labute approximate surface area is 157 Å². The Morgan fingerprint density at radius 1 is 1.11 bits per heavy atom. The molecule has 0 bridgehead atoms. The van der Waals surface area contributed by atoms with Crippen LogP contribution in [0.4, 0.5) is 5.69 Å². The third kappa shape index (κ3) is 5.85. The second-order valence-electron chi connectivity index (χ2n) is 5.87. The number of carboxylic acids is 1. The Hall–Kier alpha value is -3.35. The number of amides is 2. The van der Waals surface area contributed by atoms with Crippen molar-refractivity contribution in [1.29, 1.82) is 0 Å². The quantitative estimate of drug-likeness (QED) is 0.744. The highest BCUT2D eigenvalue weighted by atomic mass is 16.5. The summed E-state index contributed by atoms with van der Waals surface area (Å²) in [7, 11) is 1.54. The van der Waals surface area contributed by atoms with Gasteiger partial charge < -0.3 is 20.1 Å². The van der Waals surface area contributed by atoms with Crippen molar-refractivity contribution in [3.63, 3.8) is 0 Å². The predicted molar refractivity (Wildman–Crippen MR) is 101 cm³/mol. The molecule has 2 aromatic carbocycles. The number of anilines is 1. The molecule has 0 spiro atoms. The zero-order chi connectivity index (χ0) is 19.8. The van der Waals surface area contributed by atoms with Gasteiger partial charge in [-0.25, -0.2) is 4.79 Å². The summed E-state index contributed by atoms with van der Waals surface area (Å²) in [5, 5.41) is 11.7. The fourth-order valence-corrected chi connectivity index (χ4v) is 2.50. The van der Waals surface area contributed by atoms with Crippen LogP contribution in [0.3, 0.4) is 0 Å². The number of aromatic carboxylic acids is 1. The number of carbonyl (C=O) groups is 3. The van der Waals surface area contributed by atoms with Gasteiger partial charge in [0.05, 0.1) is 25.6 Å². The first-order chi connectivity index (χ1) is 12.9. The van der Waals surface area contributed by atoms with Crippen LogP contribution in [0.15, 0.2) is 48.5 Å². The second-order valence-corrected chi connectivity index (χ2v) is 5.87. The summed E-state index contributed by atoms with van der Waals surface area (Å²) in [6.07, 6.45) is 0.0974. The van der Waals surface area contributed by atoms with Crippen LogP contribution in [0.5, 0.6) is 5.75 Å². The molecule has 0 saturated heterocycles. The van der Waals surface area contributed by atoms with E-state index in [0.717, 1.165) is 0 Å². The zero-order valence-electron chi connectivity index (χ0n) is 15.3. The molecule has 0 aliphatic carbocycles. The van der Waals surface area contributed by atoms with Gasteiger partial charge in [0.15, 0.2) is 0 Å². The molecule has 142 valence electrons. The lowest BCUT2D eigenvalue weighted by atomic mass is 10.1. The standard InChI is InChI=1S/C20H22N2O5/c1-3-22(13-18(23)21-16-5-4-6-17(12-16)27-2)19(24)11-14-7-9-15(10-8-14)20(25)26/h4-10,12H,3,11,13H2,1-2H3,(H,21,23)(H,25,26). The summed E-state index contributed by atoms with van der Waals surface area (Å²) in [5.74, 6) is -0.903. The maximum Gasteiger partial charge on any atom is 0.335 e. The summed E-state index contributed by atoms with van der Waals surface area (Å²) in [5.41, 5.74) is 1.44. The Morgan fingerprint density at radius 3 is 2.41 bits per heavy atom. The molecular weight excluding hydrogens is 348 g/mol. The molecule has 2 rings (SSSR count). The van der Waals surface area contributed by atoms with Gasteiger partial charge in [-0.05, 0) is 36.8 Å². The number of carboxylic acid groups (broad SMARTS) is 1. The van der Waals surface area contributed by atoms with Crippen molar-refractivity contribution in [1.82, 2.24) is 4.90 Å². The second kappa shape index (κ2) is 9.38. The number of ether oxygens (including phenoxy) is 1. The molecule has 0 unspecified atom stereocenters. The minimum atomic E-state index is -1.02. The van der Waals surface area contributed by atoms with Gasteiger partial charge in [-0.15, -0.1) is 0 Å². The largest absolute Gasteiger partial charge is 0.497 e. The minimum Gasteiger partial charge on any atom is -0.497 e. The van der Waals surface area contributed by atoms with Gasteiger partial charge in [0, 0.05) is 18.3 Å². The van der Waals surface area contributed by atoms with E-state index in [1.165, 1.54) is 17.0 Å². The first kappa shape index (κ1) is 20.0. The maximum absolute atomic E-state index is 12.5. The number of methoxy groups -OCH3 is 1. The van der Waals surface area contributed by atoms with Gasteiger partial charge in [0.2, 0.25) is 11.8 Å². The molecule has 0 saturated carbocycles. The Bertz CT molecular complexity index is 817. The number of likely N-dealkylation sites (N-methyl/N-ethyl adjacent to an activating group) is 1. The number of hydrogen-bond donors (Lipinski definition) is 2. The summed E-state index contributed by atoms with van der Waals surface area (Å²) in [4.78, 5) is 37.0. The zero-order valence-corrected chi connectivity index (χ0v) is 15.3. The lowest BCUT2D eigenvalue weighted by Gasteiger charge is -2.20. The van der Waals surface area contributed by atoms with E-state index >= 15 is 0 Å². The minimum absolute atomic E-state index is 0.0697. The van der Waals surface area contributed by atoms with Gasteiger partial charge in [-0.2, -0.15) is 0 Å². The van der Waals surface area contributed by atoms with Crippen LogP contribution in [-0.2, 0) is 16.0 Å². The third-order valence-electron chi connectivity index (χ3n) is 3.98. The molecule has 0 fully saturated rings. The Balaban J connectivity index is 1.95. The fourth-order valence-electron chi connectivity index (χ4n) is 2.50. The summed E-state index contributed by atoms with van der Waals surface area (Å²) < 4.78 is 5.11. The van der Waals surface area contributed by atoms with Crippen LogP contribution in [0.1, 0.15) is 22.8 Å². The first-order valence-corrected chi connectivity index (χ1v) is 8.46. The van der Waals surface area contributed by atoms with Crippen LogP contribution in [0.2, 0.25) is 0 Å². The van der Waals surface area contributed by atoms with Crippen LogP contribution in [0.25, 0.3) is 0 Å². The van der Waals surface area contributed by atoms with Gasteiger partial charge in [0.25, 0.3) is 0 Å². The molecule has 0 aromatic heterocycles. The van der Waals surface area contributed by atoms with Crippen molar-refractivity contribution in [2.45, 2.75) is 13.3 Å². The molecule has 2 N–H and O–H groups in total. The van der Waals surface area contributed by atoms with Crippen molar-refractivity contribution in [2.24, 2.45) is 0 Å². The van der Waals surface area contributed by atoms with Gasteiger partial charge in [0.1, 0.15) is 5.75 Å². The average molecular weight is 370 g/mol. The number of hydrogen-bond acceptors (Lipinski definition) is 4. The van der Waals surface area contributed by atoms with Gasteiger partial charge >= 0.3 is 5.97 Å². The van der Waals surface area contributed by atoms with Crippen LogP contribution >= 0.6 is 0 Å². The van der Waals surface area contributed by atoms with E-state index in [9.17, 15) is 14.4 Å². The molecule has 0 heterocycles. The van der Waals surface area contributed by atoms with E-state index in [1.54, 1.807) is 50.4 Å².